The molecule has 0 atom stereocenters. The third-order valence-corrected chi connectivity index (χ3v) is 6.28. The van der Waals surface area contributed by atoms with Gasteiger partial charge >= 0.3 is 0 Å². The first-order chi connectivity index (χ1) is 15.2. The summed E-state index contributed by atoms with van der Waals surface area (Å²) in [6.07, 6.45) is 0. The molecular formula is C22H23N5O3S. The molecule has 0 aliphatic carbocycles. The number of morpholine rings is 1. The van der Waals surface area contributed by atoms with E-state index in [1.807, 2.05) is 41.1 Å². The Kier molecular flexibility index (Phi) is 5.54. The lowest BCUT2D eigenvalue weighted by Gasteiger charge is -2.26. The van der Waals surface area contributed by atoms with Gasteiger partial charge in [0.05, 0.1) is 42.6 Å². The Balaban J connectivity index is 1.44. The Morgan fingerprint density at radius 1 is 1.23 bits per heavy atom. The number of hydrogen-bond donors (Lipinski definition) is 1. The zero-order valence-corrected chi connectivity index (χ0v) is 18.0. The highest BCUT2D eigenvalue weighted by molar-refractivity contribution is 7.16. The molecule has 5 rings (SSSR count). The van der Waals surface area contributed by atoms with Gasteiger partial charge in [-0.15, -0.1) is 11.3 Å². The van der Waals surface area contributed by atoms with Crippen LogP contribution in [0.3, 0.4) is 0 Å². The predicted octanol–water partition coefficient (Wildman–Crippen LogP) is 3.24. The Labute approximate surface area is 183 Å². The van der Waals surface area contributed by atoms with E-state index in [9.17, 15) is 4.79 Å². The standard InChI is InChI=1S/C22H23N5O3S/c1-29-18-4-2-3-16-20(22(28)24-15-5-6-17-19(13-15)31-14-23-17)25-27(21(16)18)8-7-26-9-11-30-12-10-26/h2-6,13-14H,7-12H2,1H3,(H,24,28). The van der Waals surface area contributed by atoms with Gasteiger partial charge in [0, 0.05) is 30.7 Å². The Morgan fingerprint density at radius 2 is 2.10 bits per heavy atom. The average molecular weight is 438 g/mol. The lowest BCUT2D eigenvalue weighted by Crippen LogP contribution is -2.38. The van der Waals surface area contributed by atoms with Crippen LogP contribution in [0.4, 0.5) is 5.69 Å². The molecule has 9 heteroatoms. The summed E-state index contributed by atoms with van der Waals surface area (Å²) in [5.74, 6) is 0.462. The molecule has 0 saturated carbocycles. The van der Waals surface area contributed by atoms with Gasteiger partial charge in [-0.3, -0.25) is 14.4 Å². The number of ether oxygens (including phenoxy) is 2. The van der Waals surface area contributed by atoms with E-state index in [1.165, 1.54) is 0 Å². The number of methoxy groups -OCH3 is 1. The summed E-state index contributed by atoms with van der Waals surface area (Å²) in [4.78, 5) is 19.8. The molecule has 8 nitrogen and oxygen atoms in total. The second-order valence-corrected chi connectivity index (χ2v) is 8.26. The number of para-hydroxylation sites is 1. The zero-order chi connectivity index (χ0) is 21.2. The van der Waals surface area contributed by atoms with E-state index in [4.69, 9.17) is 9.47 Å². The quantitative estimate of drug-likeness (QED) is 0.499. The Bertz CT molecular complexity index is 1230. The van der Waals surface area contributed by atoms with E-state index in [0.29, 0.717) is 18.0 Å². The highest BCUT2D eigenvalue weighted by Crippen LogP contribution is 2.29. The van der Waals surface area contributed by atoms with Crippen molar-refractivity contribution in [2.45, 2.75) is 6.54 Å². The third-order valence-electron chi connectivity index (χ3n) is 5.49. The minimum absolute atomic E-state index is 0.243. The number of nitrogens with zero attached hydrogens (tertiary/aromatic N) is 4. The van der Waals surface area contributed by atoms with Crippen molar-refractivity contribution in [3.8, 4) is 5.75 Å². The number of anilines is 1. The Hall–Kier alpha value is -3.01. The number of benzene rings is 2. The maximum atomic E-state index is 13.2. The topological polar surface area (TPSA) is 81.5 Å². The van der Waals surface area contributed by atoms with Crippen LogP contribution in [0.5, 0.6) is 5.75 Å². The predicted molar refractivity (Wildman–Crippen MR) is 121 cm³/mol. The smallest absolute Gasteiger partial charge is 0.276 e. The van der Waals surface area contributed by atoms with Crippen LogP contribution in [-0.2, 0) is 11.3 Å². The summed E-state index contributed by atoms with van der Waals surface area (Å²) in [6, 6.07) is 11.4. The van der Waals surface area contributed by atoms with Crippen molar-refractivity contribution in [1.29, 1.82) is 0 Å². The molecule has 1 saturated heterocycles. The Morgan fingerprint density at radius 3 is 2.94 bits per heavy atom. The van der Waals surface area contributed by atoms with E-state index >= 15 is 0 Å². The van der Waals surface area contributed by atoms with Crippen molar-refractivity contribution in [2.24, 2.45) is 0 Å². The number of thiazole rings is 1. The van der Waals surface area contributed by atoms with Gasteiger partial charge in [0.2, 0.25) is 0 Å². The summed E-state index contributed by atoms with van der Waals surface area (Å²) in [5.41, 5.74) is 4.67. The molecule has 1 N–H and O–H groups in total. The first kappa shape index (κ1) is 19.9. The summed E-state index contributed by atoms with van der Waals surface area (Å²) in [7, 11) is 1.64. The second-order valence-electron chi connectivity index (χ2n) is 7.37. The maximum Gasteiger partial charge on any atom is 0.276 e. The monoisotopic (exact) mass is 437 g/mol. The molecule has 2 aromatic heterocycles. The summed E-state index contributed by atoms with van der Waals surface area (Å²) >= 11 is 1.54. The number of fused-ring (bicyclic) bond motifs is 2. The zero-order valence-electron chi connectivity index (χ0n) is 17.2. The summed E-state index contributed by atoms with van der Waals surface area (Å²) in [6.45, 7) is 4.81. The van der Waals surface area contributed by atoms with E-state index in [1.54, 1.807) is 24.0 Å². The molecule has 1 aliphatic rings. The van der Waals surface area contributed by atoms with Crippen LogP contribution in [0.2, 0.25) is 0 Å². The van der Waals surface area contributed by atoms with Crippen LogP contribution < -0.4 is 10.1 Å². The van der Waals surface area contributed by atoms with Crippen molar-refractivity contribution < 1.29 is 14.3 Å². The van der Waals surface area contributed by atoms with Gasteiger partial charge in [0.1, 0.15) is 11.3 Å². The first-order valence-corrected chi connectivity index (χ1v) is 11.1. The molecule has 1 aliphatic heterocycles. The van der Waals surface area contributed by atoms with Crippen molar-refractivity contribution in [3.63, 3.8) is 0 Å². The normalized spacial score (nSPS) is 14.9. The molecule has 0 unspecified atom stereocenters. The maximum absolute atomic E-state index is 13.2. The second kappa shape index (κ2) is 8.62. The fourth-order valence-electron chi connectivity index (χ4n) is 3.88. The molecule has 160 valence electrons. The molecule has 0 radical (unpaired) electrons. The van der Waals surface area contributed by atoms with E-state index < -0.39 is 0 Å². The van der Waals surface area contributed by atoms with Crippen LogP contribution in [-0.4, -0.2) is 65.5 Å². The molecule has 4 aromatic rings. The van der Waals surface area contributed by atoms with Gasteiger partial charge in [0.25, 0.3) is 5.91 Å². The van der Waals surface area contributed by atoms with Crippen LogP contribution in [0.25, 0.3) is 21.1 Å². The number of carbonyl (C=O) groups excluding carboxylic acids is 1. The lowest BCUT2D eigenvalue weighted by molar-refractivity contribution is 0.0361. The molecular weight excluding hydrogens is 414 g/mol. The van der Waals surface area contributed by atoms with Crippen molar-refractivity contribution >= 4 is 44.1 Å². The molecule has 31 heavy (non-hydrogen) atoms. The van der Waals surface area contributed by atoms with Crippen LogP contribution in [0, 0.1) is 0 Å². The van der Waals surface area contributed by atoms with Crippen LogP contribution in [0.1, 0.15) is 10.5 Å². The van der Waals surface area contributed by atoms with Crippen molar-refractivity contribution in [2.75, 3.05) is 45.3 Å². The fraction of sp³-hybridized carbons (Fsp3) is 0.318. The van der Waals surface area contributed by atoms with Gasteiger partial charge < -0.3 is 14.8 Å². The van der Waals surface area contributed by atoms with Crippen LogP contribution >= 0.6 is 11.3 Å². The highest BCUT2D eigenvalue weighted by Gasteiger charge is 2.21. The number of aromatic nitrogens is 3. The minimum atomic E-state index is -0.243. The highest BCUT2D eigenvalue weighted by atomic mass is 32.1. The van der Waals surface area contributed by atoms with Crippen molar-refractivity contribution in [3.05, 3.63) is 47.6 Å². The molecule has 0 bridgehead atoms. The van der Waals surface area contributed by atoms with Gasteiger partial charge in [-0.2, -0.15) is 5.10 Å². The largest absolute Gasteiger partial charge is 0.494 e. The molecule has 0 spiro atoms. The van der Waals surface area contributed by atoms with Gasteiger partial charge in [0.15, 0.2) is 5.69 Å². The SMILES string of the molecule is COc1cccc2c(C(=O)Nc3ccc4ncsc4c3)nn(CCN3CCOCC3)c12. The summed E-state index contributed by atoms with van der Waals surface area (Å²) in [5, 5.41) is 8.45. The van der Waals surface area contributed by atoms with E-state index in [2.05, 4.69) is 20.3 Å². The molecule has 2 aromatic carbocycles. The van der Waals surface area contributed by atoms with Crippen LogP contribution in [0.15, 0.2) is 41.9 Å². The number of carbonyl (C=O) groups is 1. The van der Waals surface area contributed by atoms with E-state index in [0.717, 1.165) is 59.7 Å². The lowest BCUT2D eigenvalue weighted by atomic mass is 10.2. The van der Waals surface area contributed by atoms with E-state index in [-0.39, 0.29) is 5.91 Å². The van der Waals surface area contributed by atoms with Gasteiger partial charge in [-0.1, -0.05) is 12.1 Å². The first-order valence-electron chi connectivity index (χ1n) is 10.2. The molecule has 1 amide bonds. The number of rotatable bonds is 6. The number of hydrogen-bond acceptors (Lipinski definition) is 7. The fourth-order valence-corrected chi connectivity index (χ4v) is 4.60. The van der Waals surface area contributed by atoms with Crippen molar-refractivity contribution in [1.82, 2.24) is 19.7 Å². The van der Waals surface area contributed by atoms with Gasteiger partial charge in [-0.05, 0) is 24.3 Å². The summed E-state index contributed by atoms with van der Waals surface area (Å²) < 4.78 is 13.9. The molecule has 3 heterocycles. The molecule has 1 fully saturated rings. The minimum Gasteiger partial charge on any atom is -0.494 e. The van der Waals surface area contributed by atoms with Gasteiger partial charge in [-0.25, -0.2) is 4.98 Å². The average Bonchev–Trinajstić information content (AvgIpc) is 3.42. The number of amides is 1. The number of nitrogens with one attached hydrogen (secondary N) is 1. The third kappa shape index (κ3) is 3.99.